The zero-order chi connectivity index (χ0) is 9.10. The first kappa shape index (κ1) is 8.25. The lowest BCUT2D eigenvalue weighted by molar-refractivity contribution is 1.11. The van der Waals surface area contributed by atoms with Gasteiger partial charge in [-0.25, -0.2) is 19.9 Å². The topological polar surface area (TPSA) is 51.6 Å². The summed E-state index contributed by atoms with van der Waals surface area (Å²) in [5.74, 6) is 0.629. The van der Waals surface area contributed by atoms with Crippen molar-refractivity contribution in [3.8, 4) is 11.4 Å². The van der Waals surface area contributed by atoms with Gasteiger partial charge in [0.2, 0.25) is 0 Å². The third-order valence-electron chi connectivity index (χ3n) is 1.44. The van der Waals surface area contributed by atoms with Crippen LogP contribution in [0.2, 0.25) is 0 Å². The first-order valence-corrected chi connectivity index (χ1v) is 4.38. The molecule has 0 fully saturated rings. The Hall–Kier alpha value is -1.36. The van der Waals surface area contributed by atoms with Gasteiger partial charge in [0.15, 0.2) is 5.82 Å². The molecule has 2 rings (SSSR count). The zero-order valence-corrected chi connectivity index (χ0v) is 8.14. The summed E-state index contributed by atoms with van der Waals surface area (Å²) < 4.78 is 0.855. The first-order chi connectivity index (χ1) is 6.36. The molecule has 4 nitrogen and oxygen atoms in total. The maximum atomic E-state index is 4.11. The van der Waals surface area contributed by atoms with Gasteiger partial charge in [0.1, 0.15) is 6.33 Å². The van der Waals surface area contributed by atoms with Crippen molar-refractivity contribution in [3.05, 3.63) is 35.6 Å². The maximum Gasteiger partial charge on any atom is 0.162 e. The van der Waals surface area contributed by atoms with Crippen molar-refractivity contribution < 1.29 is 0 Å². The molecule has 0 amide bonds. The fourth-order valence-corrected chi connectivity index (χ4v) is 1.08. The Kier molecular flexibility index (Phi) is 2.27. The van der Waals surface area contributed by atoms with Crippen LogP contribution in [0.3, 0.4) is 0 Å². The monoisotopic (exact) mass is 236 g/mol. The highest BCUT2D eigenvalue weighted by molar-refractivity contribution is 9.10. The van der Waals surface area contributed by atoms with Crippen LogP contribution in [0.5, 0.6) is 0 Å². The molecule has 5 heteroatoms. The Morgan fingerprint density at radius 1 is 0.923 bits per heavy atom. The summed E-state index contributed by atoms with van der Waals surface area (Å²) in [5, 5.41) is 0. The number of rotatable bonds is 1. The Labute approximate surface area is 83.2 Å². The molecule has 0 aliphatic carbocycles. The third kappa shape index (κ3) is 1.86. The van der Waals surface area contributed by atoms with Crippen molar-refractivity contribution in [1.29, 1.82) is 0 Å². The molecule has 2 aromatic rings. The molecule has 0 saturated carbocycles. The average Bonchev–Trinajstić information content (AvgIpc) is 2.20. The Bertz CT molecular complexity index is 387. The van der Waals surface area contributed by atoms with Gasteiger partial charge in [0.05, 0.1) is 10.0 Å². The van der Waals surface area contributed by atoms with Gasteiger partial charge < -0.3 is 0 Å². The third-order valence-corrected chi connectivity index (χ3v) is 1.85. The van der Waals surface area contributed by atoms with E-state index in [2.05, 4.69) is 35.9 Å². The van der Waals surface area contributed by atoms with Gasteiger partial charge in [0.25, 0.3) is 0 Å². The van der Waals surface area contributed by atoms with Crippen molar-refractivity contribution >= 4 is 15.9 Å². The zero-order valence-electron chi connectivity index (χ0n) is 6.55. The van der Waals surface area contributed by atoms with Gasteiger partial charge in [-0.2, -0.15) is 0 Å². The highest BCUT2D eigenvalue weighted by Crippen LogP contribution is 2.12. The molecular weight excluding hydrogens is 232 g/mol. The summed E-state index contributed by atoms with van der Waals surface area (Å²) in [7, 11) is 0. The van der Waals surface area contributed by atoms with Gasteiger partial charge >= 0.3 is 0 Å². The van der Waals surface area contributed by atoms with Crippen molar-refractivity contribution in [2.45, 2.75) is 0 Å². The van der Waals surface area contributed by atoms with Crippen LogP contribution >= 0.6 is 15.9 Å². The number of aromatic nitrogens is 4. The van der Waals surface area contributed by atoms with Crippen LogP contribution in [-0.4, -0.2) is 19.9 Å². The van der Waals surface area contributed by atoms with Gasteiger partial charge in [-0.15, -0.1) is 0 Å². The summed E-state index contributed by atoms with van der Waals surface area (Å²) >= 11 is 3.26. The van der Waals surface area contributed by atoms with Crippen LogP contribution in [0, 0.1) is 0 Å². The van der Waals surface area contributed by atoms with Crippen molar-refractivity contribution in [2.75, 3.05) is 0 Å². The van der Waals surface area contributed by atoms with Gasteiger partial charge in [-0.1, -0.05) is 0 Å². The van der Waals surface area contributed by atoms with E-state index in [1.165, 1.54) is 6.33 Å². The van der Waals surface area contributed by atoms with E-state index in [1.807, 2.05) is 0 Å². The molecule has 0 aliphatic heterocycles. The molecule has 13 heavy (non-hydrogen) atoms. The lowest BCUT2D eigenvalue weighted by atomic mass is 10.3. The quantitative estimate of drug-likeness (QED) is 0.757. The largest absolute Gasteiger partial charge is 0.244 e. The molecule has 0 bridgehead atoms. The second-order valence-corrected chi connectivity index (χ2v) is 3.27. The molecule has 0 aliphatic rings. The molecule has 0 unspecified atom stereocenters. The Balaban J connectivity index is 2.42. The van der Waals surface area contributed by atoms with E-state index in [0.29, 0.717) is 5.82 Å². The van der Waals surface area contributed by atoms with Gasteiger partial charge in [0, 0.05) is 24.8 Å². The number of hydrogen-bond donors (Lipinski definition) is 0. The fourth-order valence-electron chi connectivity index (χ4n) is 0.876. The van der Waals surface area contributed by atoms with Crippen LogP contribution in [0.15, 0.2) is 35.6 Å². The Morgan fingerprint density at radius 2 is 1.54 bits per heavy atom. The normalized spacial score (nSPS) is 9.92. The second-order valence-electron chi connectivity index (χ2n) is 2.35. The van der Waals surface area contributed by atoms with E-state index in [0.717, 1.165) is 10.0 Å². The number of hydrogen-bond acceptors (Lipinski definition) is 4. The van der Waals surface area contributed by atoms with E-state index in [9.17, 15) is 0 Å². The Morgan fingerprint density at radius 3 is 2.15 bits per heavy atom. The summed E-state index contributed by atoms with van der Waals surface area (Å²) in [5.41, 5.74) is 0.815. The fraction of sp³-hybridized carbons (Fsp3) is 0. The molecule has 2 heterocycles. The predicted octanol–water partition coefficient (Wildman–Crippen LogP) is 1.70. The first-order valence-electron chi connectivity index (χ1n) is 3.59. The van der Waals surface area contributed by atoms with Gasteiger partial charge in [-0.3, -0.25) is 0 Å². The lowest BCUT2D eigenvalue weighted by Gasteiger charge is -1.96. The highest BCUT2D eigenvalue weighted by atomic mass is 79.9. The molecule has 0 spiro atoms. The lowest BCUT2D eigenvalue weighted by Crippen LogP contribution is -1.89. The van der Waals surface area contributed by atoms with Crippen LogP contribution in [0.4, 0.5) is 0 Å². The van der Waals surface area contributed by atoms with Crippen LogP contribution in [0.25, 0.3) is 11.4 Å². The minimum absolute atomic E-state index is 0.629. The molecule has 2 aromatic heterocycles. The number of halogens is 1. The molecule has 0 atom stereocenters. The van der Waals surface area contributed by atoms with Crippen LogP contribution in [-0.2, 0) is 0 Å². The van der Waals surface area contributed by atoms with E-state index in [4.69, 9.17) is 0 Å². The van der Waals surface area contributed by atoms with E-state index in [-0.39, 0.29) is 0 Å². The smallest absolute Gasteiger partial charge is 0.162 e. The second kappa shape index (κ2) is 3.57. The minimum atomic E-state index is 0.629. The van der Waals surface area contributed by atoms with Crippen molar-refractivity contribution in [2.24, 2.45) is 0 Å². The SMILES string of the molecule is Brc1cnc(-c2cncnc2)nc1. The molecule has 0 aromatic carbocycles. The van der Waals surface area contributed by atoms with Crippen LogP contribution < -0.4 is 0 Å². The van der Waals surface area contributed by atoms with Crippen LogP contribution in [0.1, 0.15) is 0 Å². The van der Waals surface area contributed by atoms with E-state index >= 15 is 0 Å². The van der Waals surface area contributed by atoms with Gasteiger partial charge in [-0.05, 0) is 15.9 Å². The van der Waals surface area contributed by atoms with E-state index < -0.39 is 0 Å². The predicted molar refractivity (Wildman–Crippen MR) is 50.8 cm³/mol. The average molecular weight is 237 g/mol. The molecule has 0 N–H and O–H groups in total. The standard InChI is InChI=1S/C8H5BrN4/c9-7-3-12-8(13-4-7)6-1-10-5-11-2-6/h1-5H. The summed E-state index contributed by atoms with van der Waals surface area (Å²) in [6, 6.07) is 0. The number of nitrogens with zero attached hydrogens (tertiary/aromatic N) is 4. The highest BCUT2D eigenvalue weighted by Gasteiger charge is 1.99. The summed E-state index contributed by atoms with van der Waals surface area (Å²) in [6.45, 7) is 0. The molecule has 0 saturated heterocycles. The summed E-state index contributed by atoms with van der Waals surface area (Å²) in [4.78, 5) is 16.0. The van der Waals surface area contributed by atoms with Crippen molar-refractivity contribution in [1.82, 2.24) is 19.9 Å². The maximum absolute atomic E-state index is 4.11. The molecule has 0 radical (unpaired) electrons. The van der Waals surface area contributed by atoms with E-state index in [1.54, 1.807) is 24.8 Å². The van der Waals surface area contributed by atoms with Crippen molar-refractivity contribution in [3.63, 3.8) is 0 Å². The molecule has 64 valence electrons. The molecular formula is C8H5BrN4. The summed E-state index contributed by atoms with van der Waals surface area (Å²) in [6.07, 6.45) is 8.21. The minimum Gasteiger partial charge on any atom is -0.244 e.